The van der Waals surface area contributed by atoms with E-state index in [1.807, 2.05) is 13.0 Å². The first-order chi connectivity index (χ1) is 30.6. The molecule has 3 N–H and O–H groups in total. The number of likely N-dealkylation sites (N-methyl/N-ethyl adjacent to an activating group) is 1. The summed E-state index contributed by atoms with van der Waals surface area (Å²) in [4.78, 5) is 96.9. The van der Waals surface area contributed by atoms with Crippen LogP contribution in [0.2, 0.25) is 5.02 Å². The lowest BCUT2D eigenvalue weighted by molar-refractivity contribution is -0.265. The number of methoxy groups -OCH3 is 2. The Balaban J connectivity index is 1.29. The largest absolute Gasteiger partial charge is 0.495 e. The van der Waals surface area contributed by atoms with Crippen molar-refractivity contribution < 1.29 is 67.5 Å². The Bertz CT molecular complexity index is 2160. The summed E-state index contributed by atoms with van der Waals surface area (Å²) in [6.07, 6.45) is 2.04. The number of carbonyl (C=O) groups excluding carboxylic acids is 6. The van der Waals surface area contributed by atoms with Crippen molar-refractivity contribution in [2.75, 3.05) is 45.5 Å². The highest BCUT2D eigenvalue weighted by atomic mass is 35.5. The maximum Gasteiger partial charge on any atom is 0.409 e. The molecule has 0 aromatic heterocycles. The number of halogens is 1. The van der Waals surface area contributed by atoms with Gasteiger partial charge in [-0.15, -0.1) is 11.8 Å². The molecule has 0 spiro atoms. The van der Waals surface area contributed by atoms with Crippen molar-refractivity contribution in [3.8, 4) is 5.75 Å². The molecule has 356 valence electrons. The first kappa shape index (κ1) is 49.7. The van der Waals surface area contributed by atoms with Crippen LogP contribution in [-0.2, 0) is 54.1 Å². The van der Waals surface area contributed by atoms with Crippen molar-refractivity contribution in [2.45, 2.75) is 126 Å². The number of aliphatic hydroxyl groups is 1. The van der Waals surface area contributed by atoms with Crippen molar-refractivity contribution >= 4 is 70.7 Å². The molecule has 20 heteroatoms. The molecule has 10 atom stereocenters. The van der Waals surface area contributed by atoms with Crippen LogP contribution in [0.4, 0.5) is 10.5 Å². The summed E-state index contributed by atoms with van der Waals surface area (Å²) in [5.41, 5.74) is -3.99. The zero-order valence-electron chi connectivity index (χ0n) is 37.9. The molecule has 1 saturated carbocycles. The minimum absolute atomic E-state index is 0.00975. The fourth-order valence-corrected chi connectivity index (χ4v) is 11.1. The van der Waals surface area contributed by atoms with Gasteiger partial charge in [0.15, 0.2) is 11.3 Å². The lowest BCUT2D eigenvalue weighted by Gasteiger charge is -2.58. The van der Waals surface area contributed by atoms with Crippen LogP contribution in [0, 0.1) is 11.8 Å². The number of likely N-dealkylation sites (tertiary alicyclic amines) is 1. The second-order valence-electron chi connectivity index (χ2n) is 17.7. The van der Waals surface area contributed by atoms with Crippen molar-refractivity contribution in [1.82, 2.24) is 15.1 Å². The molecule has 4 fully saturated rings. The molecular formula is C45H59ClN4O14S. The zero-order chi connectivity index (χ0) is 47.8. The van der Waals surface area contributed by atoms with E-state index < -0.39 is 94.6 Å². The van der Waals surface area contributed by atoms with Crippen molar-refractivity contribution in [2.24, 2.45) is 11.8 Å². The van der Waals surface area contributed by atoms with Gasteiger partial charge < -0.3 is 43.7 Å². The van der Waals surface area contributed by atoms with Gasteiger partial charge in [0.2, 0.25) is 23.6 Å². The van der Waals surface area contributed by atoms with E-state index in [4.69, 9.17) is 40.4 Å². The van der Waals surface area contributed by atoms with Gasteiger partial charge in [-0.1, -0.05) is 48.7 Å². The molecule has 5 aliphatic rings. The topological polar surface area (TPSA) is 231 Å². The third-order valence-corrected chi connectivity index (χ3v) is 15.1. The van der Waals surface area contributed by atoms with Crippen molar-refractivity contribution in [3.05, 3.63) is 46.5 Å². The molecule has 4 aliphatic heterocycles. The van der Waals surface area contributed by atoms with Gasteiger partial charge in [0.1, 0.15) is 34.6 Å². The number of ether oxygens (including phenoxy) is 5. The number of unbranched alkanes of at least 4 members (excludes halogenated alkanes) is 2. The number of rotatable bonds is 15. The maximum absolute atomic E-state index is 14.9. The number of benzene rings is 1. The quantitative estimate of drug-likeness (QED) is 0.0976. The standard InChI is InChI=1S/C45H59ClN4O14S/c1-24-13-12-14-31(61-8)45(59)38-37(62-42(58)47-45)25(2)39-43(4,63-39)44(38,23-34(53)49(6)28-20-27(19-24)21-29(60-7)36(28)46)64-41(57)26(3)48(5)32(51)16-18-65-30-22-33(52)50(40(30)56)17-11-9-10-15-35(54)55/h12-14,20-21,25-26,30-31,37-39,59H,9-11,15-19,22-23H2,1-8H3,(H,47,58)(H,54,55)/b14-12+,24-13+/t25-,26+,30?,31-,37?,38?,39+,43-,44-,45-/m1/s1. The van der Waals surface area contributed by atoms with Gasteiger partial charge in [0.05, 0.1) is 36.5 Å². The number of anilines is 1. The first-order valence-corrected chi connectivity index (χ1v) is 23.1. The second kappa shape index (κ2) is 19.6. The number of hydrogen-bond acceptors (Lipinski definition) is 14. The van der Waals surface area contributed by atoms with Crippen LogP contribution in [-0.4, -0.2) is 149 Å². The number of carboxylic acid groups (broad SMARTS) is 1. The molecule has 2 bridgehead atoms. The number of alkyl carbamates (subject to hydrolysis) is 1. The molecule has 3 unspecified atom stereocenters. The summed E-state index contributed by atoms with van der Waals surface area (Å²) in [5.74, 6) is -5.16. The Labute approximate surface area is 387 Å². The van der Waals surface area contributed by atoms with E-state index in [1.54, 1.807) is 38.1 Å². The third kappa shape index (κ3) is 9.62. The highest BCUT2D eigenvalue weighted by Crippen LogP contribution is 2.64. The summed E-state index contributed by atoms with van der Waals surface area (Å²) in [7, 11) is 5.73. The number of amides is 5. The van der Waals surface area contributed by atoms with Gasteiger partial charge in [0, 0.05) is 58.7 Å². The fraction of sp³-hybridized carbons (Fsp3) is 0.622. The van der Waals surface area contributed by atoms with Gasteiger partial charge in [-0.3, -0.25) is 34.2 Å². The van der Waals surface area contributed by atoms with Crippen molar-refractivity contribution in [1.29, 1.82) is 0 Å². The fourth-order valence-electron chi connectivity index (χ4n) is 9.70. The number of carbonyl (C=O) groups is 7. The average molecular weight is 948 g/mol. The minimum Gasteiger partial charge on any atom is -0.495 e. The Morgan fingerprint density at radius 3 is 2.51 bits per heavy atom. The Morgan fingerprint density at radius 2 is 1.83 bits per heavy atom. The number of epoxide rings is 1. The van der Waals surface area contributed by atoms with Crippen LogP contribution in [0.5, 0.6) is 5.75 Å². The maximum atomic E-state index is 14.9. The highest BCUT2D eigenvalue weighted by Gasteiger charge is 2.83. The van der Waals surface area contributed by atoms with Crippen LogP contribution >= 0.6 is 23.4 Å². The smallest absolute Gasteiger partial charge is 0.409 e. The van der Waals surface area contributed by atoms with Crippen LogP contribution in [0.15, 0.2) is 35.9 Å². The molecule has 0 radical (unpaired) electrons. The van der Waals surface area contributed by atoms with Gasteiger partial charge in [-0.05, 0) is 57.7 Å². The predicted molar refractivity (Wildman–Crippen MR) is 237 cm³/mol. The summed E-state index contributed by atoms with van der Waals surface area (Å²) < 4.78 is 30.4. The molecule has 1 aromatic rings. The first-order valence-electron chi connectivity index (χ1n) is 21.7. The molecule has 65 heavy (non-hydrogen) atoms. The average Bonchev–Trinajstić information content (AvgIpc) is 3.89. The number of carboxylic acids is 1. The molecule has 18 nitrogen and oxygen atoms in total. The van der Waals surface area contributed by atoms with Gasteiger partial charge in [-0.25, -0.2) is 9.59 Å². The molecule has 1 aromatic carbocycles. The van der Waals surface area contributed by atoms with E-state index in [2.05, 4.69) is 5.32 Å². The number of allylic oxidation sites excluding steroid dienone is 3. The molecule has 3 saturated heterocycles. The van der Waals surface area contributed by atoms with E-state index in [0.29, 0.717) is 37.1 Å². The van der Waals surface area contributed by atoms with E-state index >= 15 is 0 Å². The van der Waals surface area contributed by atoms with Crippen LogP contribution in [0.3, 0.4) is 0 Å². The van der Waals surface area contributed by atoms with Gasteiger partial charge in [0.25, 0.3) is 0 Å². The SMILES string of the molecule is COc1cc2cc(c1Cl)N(C)C(=O)C[C@@]1(OC(=O)[C@H](C)N(C)C(=O)CCSC3CC(=O)N(CCCCCC(=O)O)C3=O)C3C(OC(=O)N[C@@]3(O)[C@H](OC)/C=C/C=C(\C)C2)[C@@H](C)[C@@H]2O[C@]21C. The van der Waals surface area contributed by atoms with Crippen LogP contribution < -0.4 is 15.0 Å². The predicted octanol–water partition coefficient (Wildman–Crippen LogP) is 4.02. The number of nitrogens with one attached hydrogen (secondary N) is 1. The minimum atomic E-state index is -2.38. The van der Waals surface area contributed by atoms with Gasteiger partial charge >= 0.3 is 18.0 Å². The molecule has 5 amide bonds. The summed E-state index contributed by atoms with van der Waals surface area (Å²) in [5, 5.41) is 23.9. The number of hydrogen-bond donors (Lipinski definition) is 3. The number of aliphatic carboxylic acids is 1. The van der Waals surface area contributed by atoms with E-state index in [-0.39, 0.29) is 48.4 Å². The second-order valence-corrected chi connectivity index (χ2v) is 19.4. The molecule has 6 rings (SSSR count). The molecular weight excluding hydrogens is 888 g/mol. The Hall–Kier alpha value is -4.69. The molecule has 1 aliphatic carbocycles. The monoisotopic (exact) mass is 946 g/mol. The Kier molecular flexibility index (Phi) is 15.0. The zero-order valence-corrected chi connectivity index (χ0v) is 39.5. The van der Waals surface area contributed by atoms with E-state index in [9.17, 15) is 38.7 Å². The van der Waals surface area contributed by atoms with Crippen LogP contribution in [0.25, 0.3) is 0 Å². The van der Waals surface area contributed by atoms with E-state index in [1.165, 1.54) is 49.9 Å². The van der Waals surface area contributed by atoms with E-state index in [0.717, 1.165) is 22.9 Å². The summed E-state index contributed by atoms with van der Waals surface area (Å²) >= 11 is 8.01. The number of nitrogens with zero attached hydrogens (tertiary/aromatic N) is 3. The number of esters is 1. The lowest BCUT2D eigenvalue weighted by Crippen LogP contribution is -2.79. The highest BCUT2D eigenvalue weighted by molar-refractivity contribution is 8.00. The van der Waals surface area contributed by atoms with Crippen molar-refractivity contribution in [3.63, 3.8) is 0 Å². The normalized spacial score (nSPS) is 32.6. The third-order valence-electron chi connectivity index (χ3n) is 13.5. The summed E-state index contributed by atoms with van der Waals surface area (Å²) in [6.45, 7) is 6.98. The van der Waals surface area contributed by atoms with Crippen LogP contribution in [0.1, 0.15) is 78.2 Å². The number of fused-ring (bicyclic) bond motifs is 4. The summed E-state index contributed by atoms with van der Waals surface area (Å²) in [6, 6.07) is 2.25. The number of thioether (sulfide) groups is 1. The molecule has 4 heterocycles. The lowest BCUT2D eigenvalue weighted by atomic mass is 9.57. The number of imide groups is 1. The van der Waals surface area contributed by atoms with Gasteiger partial charge in [-0.2, -0.15) is 0 Å². The Morgan fingerprint density at radius 1 is 1.11 bits per heavy atom.